The van der Waals surface area contributed by atoms with Crippen molar-refractivity contribution in [1.29, 1.82) is 0 Å². The van der Waals surface area contributed by atoms with Crippen molar-refractivity contribution in [2.45, 2.75) is 20.4 Å². The molecule has 0 atom stereocenters. The van der Waals surface area contributed by atoms with Gasteiger partial charge in [0.2, 0.25) is 0 Å². The van der Waals surface area contributed by atoms with Gasteiger partial charge in [-0.15, -0.1) is 0 Å². The van der Waals surface area contributed by atoms with E-state index in [1.165, 1.54) is 9.08 Å². The van der Waals surface area contributed by atoms with Gasteiger partial charge in [-0.25, -0.2) is 4.52 Å². The molecule has 3 rings (SSSR count). The van der Waals surface area contributed by atoms with Crippen molar-refractivity contribution < 1.29 is 4.79 Å². The Hall–Kier alpha value is -2.69. The summed E-state index contributed by atoms with van der Waals surface area (Å²) in [4.78, 5) is 24.7. The number of aromatic nitrogens is 3. The van der Waals surface area contributed by atoms with Gasteiger partial charge in [0.1, 0.15) is 5.52 Å². The first kappa shape index (κ1) is 13.3. The number of Topliss-reactive ketones (excluding diaryl/α,β-unsaturated/α-hetero) is 1. The van der Waals surface area contributed by atoms with E-state index in [9.17, 15) is 9.59 Å². The molecule has 0 aliphatic heterocycles. The standard InChI is InChI=1S/C16H15N3O2/c1-11-3-4-12(2)13(9-11)15(20)10-18-7-8-19-14(16(18)21)5-6-17-19/h3-9H,10H2,1-2H3. The molecular weight excluding hydrogens is 266 g/mol. The van der Waals surface area contributed by atoms with Crippen LogP contribution < -0.4 is 5.56 Å². The SMILES string of the molecule is Cc1ccc(C)c(C(=O)Cn2ccn3nccc3c2=O)c1. The minimum atomic E-state index is -0.214. The molecule has 0 aliphatic rings. The molecule has 0 spiro atoms. The number of benzene rings is 1. The molecule has 0 saturated heterocycles. The van der Waals surface area contributed by atoms with Crippen molar-refractivity contribution in [2.75, 3.05) is 0 Å². The predicted octanol–water partition coefficient (Wildman–Crippen LogP) is 2.00. The largest absolute Gasteiger partial charge is 0.304 e. The number of rotatable bonds is 3. The van der Waals surface area contributed by atoms with Crippen LogP contribution in [0.4, 0.5) is 0 Å². The third-order valence-electron chi connectivity index (χ3n) is 3.55. The molecule has 0 unspecified atom stereocenters. The third-order valence-corrected chi connectivity index (χ3v) is 3.55. The minimum absolute atomic E-state index is 0.0325. The molecule has 1 aromatic carbocycles. The summed E-state index contributed by atoms with van der Waals surface area (Å²) in [6.45, 7) is 3.88. The van der Waals surface area contributed by atoms with Gasteiger partial charge in [-0.2, -0.15) is 5.10 Å². The number of carbonyl (C=O) groups is 1. The van der Waals surface area contributed by atoms with Crippen LogP contribution in [-0.4, -0.2) is 20.0 Å². The summed E-state index contributed by atoms with van der Waals surface area (Å²) < 4.78 is 2.92. The second kappa shape index (κ2) is 5.01. The molecule has 0 bridgehead atoms. The molecule has 2 aromatic heterocycles. The van der Waals surface area contributed by atoms with Crippen LogP contribution in [0.1, 0.15) is 21.5 Å². The Morgan fingerprint density at radius 1 is 1.19 bits per heavy atom. The van der Waals surface area contributed by atoms with E-state index in [0.717, 1.165) is 11.1 Å². The quantitative estimate of drug-likeness (QED) is 0.690. The van der Waals surface area contributed by atoms with Crippen LogP contribution in [0.5, 0.6) is 0 Å². The molecule has 21 heavy (non-hydrogen) atoms. The van der Waals surface area contributed by atoms with Gasteiger partial charge in [-0.05, 0) is 31.5 Å². The van der Waals surface area contributed by atoms with E-state index >= 15 is 0 Å². The predicted molar refractivity (Wildman–Crippen MR) is 79.7 cm³/mol. The summed E-state index contributed by atoms with van der Waals surface area (Å²) in [5.41, 5.74) is 2.86. The highest BCUT2D eigenvalue weighted by Gasteiger charge is 2.12. The van der Waals surface area contributed by atoms with Gasteiger partial charge in [-0.3, -0.25) is 9.59 Å². The van der Waals surface area contributed by atoms with Crippen molar-refractivity contribution in [3.05, 3.63) is 69.9 Å². The Labute approximate surface area is 121 Å². The normalized spacial score (nSPS) is 11.0. The fraction of sp³-hybridized carbons (Fsp3) is 0.188. The lowest BCUT2D eigenvalue weighted by atomic mass is 10.0. The summed E-state index contributed by atoms with van der Waals surface area (Å²) in [5, 5.41) is 4.00. The van der Waals surface area contributed by atoms with Crippen LogP contribution in [0.2, 0.25) is 0 Å². The summed E-state index contributed by atoms with van der Waals surface area (Å²) in [5.74, 6) is -0.0674. The van der Waals surface area contributed by atoms with E-state index in [-0.39, 0.29) is 17.9 Å². The number of hydrogen-bond donors (Lipinski definition) is 0. The lowest BCUT2D eigenvalue weighted by Gasteiger charge is -2.08. The van der Waals surface area contributed by atoms with E-state index < -0.39 is 0 Å². The highest BCUT2D eigenvalue weighted by atomic mass is 16.1. The second-order valence-corrected chi connectivity index (χ2v) is 5.13. The molecule has 0 fully saturated rings. The highest BCUT2D eigenvalue weighted by Crippen LogP contribution is 2.12. The second-order valence-electron chi connectivity index (χ2n) is 5.13. The number of ketones is 1. The summed E-state index contributed by atoms with van der Waals surface area (Å²) in [7, 11) is 0. The molecule has 0 saturated carbocycles. The molecule has 2 heterocycles. The number of fused-ring (bicyclic) bond motifs is 1. The van der Waals surface area contributed by atoms with Crippen LogP contribution in [0.3, 0.4) is 0 Å². The Balaban J connectivity index is 1.98. The first-order valence-corrected chi connectivity index (χ1v) is 6.69. The summed E-state index contributed by atoms with van der Waals surface area (Å²) in [6, 6.07) is 7.39. The molecule has 5 heteroatoms. The summed E-state index contributed by atoms with van der Waals surface area (Å²) in [6.07, 6.45) is 4.83. The van der Waals surface area contributed by atoms with E-state index in [4.69, 9.17) is 0 Å². The summed E-state index contributed by atoms with van der Waals surface area (Å²) >= 11 is 0. The molecule has 3 aromatic rings. The smallest absolute Gasteiger partial charge is 0.276 e. The van der Waals surface area contributed by atoms with Crippen LogP contribution in [0, 0.1) is 13.8 Å². The lowest BCUT2D eigenvalue weighted by molar-refractivity contribution is 0.0970. The average molecular weight is 281 g/mol. The number of nitrogens with zero attached hydrogens (tertiary/aromatic N) is 3. The van der Waals surface area contributed by atoms with Crippen LogP contribution in [0.15, 0.2) is 47.7 Å². The van der Waals surface area contributed by atoms with Crippen molar-refractivity contribution >= 4 is 11.3 Å². The number of carbonyl (C=O) groups excluding carboxylic acids is 1. The molecule has 106 valence electrons. The van der Waals surface area contributed by atoms with Crippen molar-refractivity contribution in [3.8, 4) is 0 Å². The number of hydrogen-bond acceptors (Lipinski definition) is 3. The van der Waals surface area contributed by atoms with E-state index in [2.05, 4.69) is 5.10 Å². The van der Waals surface area contributed by atoms with E-state index in [1.54, 1.807) is 24.7 Å². The topological polar surface area (TPSA) is 56.4 Å². The number of aryl methyl sites for hydroxylation is 2. The van der Waals surface area contributed by atoms with Gasteiger partial charge in [-0.1, -0.05) is 17.7 Å². The Kier molecular flexibility index (Phi) is 3.17. The molecule has 0 N–H and O–H groups in total. The monoisotopic (exact) mass is 281 g/mol. The maximum atomic E-state index is 12.4. The zero-order chi connectivity index (χ0) is 15.0. The fourth-order valence-corrected chi connectivity index (χ4v) is 2.36. The molecule has 5 nitrogen and oxygen atoms in total. The van der Waals surface area contributed by atoms with Crippen molar-refractivity contribution in [3.63, 3.8) is 0 Å². The molecular formula is C16H15N3O2. The van der Waals surface area contributed by atoms with Crippen molar-refractivity contribution in [1.82, 2.24) is 14.2 Å². The first-order valence-electron chi connectivity index (χ1n) is 6.69. The zero-order valence-electron chi connectivity index (χ0n) is 11.9. The third kappa shape index (κ3) is 2.38. The average Bonchev–Trinajstić information content (AvgIpc) is 2.93. The molecule has 0 amide bonds. The van der Waals surface area contributed by atoms with Crippen molar-refractivity contribution in [2.24, 2.45) is 0 Å². The van der Waals surface area contributed by atoms with Gasteiger partial charge in [0, 0.05) is 18.0 Å². The van der Waals surface area contributed by atoms with Crippen LogP contribution in [0.25, 0.3) is 5.52 Å². The minimum Gasteiger partial charge on any atom is -0.304 e. The van der Waals surface area contributed by atoms with Gasteiger partial charge in [0.25, 0.3) is 5.56 Å². The highest BCUT2D eigenvalue weighted by molar-refractivity contribution is 5.97. The van der Waals surface area contributed by atoms with Gasteiger partial charge >= 0.3 is 0 Å². The Morgan fingerprint density at radius 2 is 2.00 bits per heavy atom. The zero-order valence-corrected chi connectivity index (χ0v) is 11.9. The first-order chi connectivity index (χ1) is 10.1. The lowest BCUT2D eigenvalue weighted by Crippen LogP contribution is -2.25. The molecule has 0 radical (unpaired) electrons. The van der Waals surface area contributed by atoms with Gasteiger partial charge in [0.15, 0.2) is 5.78 Å². The molecule has 0 aliphatic carbocycles. The Bertz CT molecular complexity index is 890. The maximum absolute atomic E-state index is 12.4. The van der Waals surface area contributed by atoms with E-state index in [0.29, 0.717) is 11.1 Å². The van der Waals surface area contributed by atoms with Crippen LogP contribution >= 0.6 is 0 Å². The fourth-order valence-electron chi connectivity index (χ4n) is 2.36. The maximum Gasteiger partial charge on any atom is 0.276 e. The van der Waals surface area contributed by atoms with Gasteiger partial charge < -0.3 is 4.57 Å². The van der Waals surface area contributed by atoms with Crippen LogP contribution in [-0.2, 0) is 6.54 Å². The van der Waals surface area contributed by atoms with Gasteiger partial charge in [0.05, 0.1) is 12.7 Å². The van der Waals surface area contributed by atoms with E-state index in [1.807, 2.05) is 32.0 Å². The Morgan fingerprint density at radius 3 is 2.81 bits per heavy atom.